The smallest absolute Gasteiger partial charge is 0.165 e. The lowest BCUT2D eigenvalue weighted by molar-refractivity contribution is 0.330. The summed E-state index contributed by atoms with van der Waals surface area (Å²) >= 11 is 0. The van der Waals surface area contributed by atoms with Crippen molar-refractivity contribution in [2.45, 2.75) is 6.92 Å². The Bertz CT molecular complexity index is 1060. The van der Waals surface area contributed by atoms with Crippen LogP contribution in [0.15, 0.2) is 55.0 Å². The van der Waals surface area contributed by atoms with Gasteiger partial charge in [0.1, 0.15) is 18.2 Å². The number of hydrogen-bond donors (Lipinski definition) is 1. The molecule has 0 aliphatic heterocycles. The maximum atomic E-state index is 5.85. The first-order valence-electron chi connectivity index (χ1n) is 8.75. The Morgan fingerprint density at radius 3 is 2.78 bits per heavy atom. The highest BCUT2D eigenvalue weighted by Crippen LogP contribution is 2.24. The van der Waals surface area contributed by atoms with E-state index in [-0.39, 0.29) is 0 Å². The van der Waals surface area contributed by atoms with Crippen molar-refractivity contribution in [3.63, 3.8) is 0 Å². The standard InChI is InChI=1S/C20H20N6O/c1-14-6-3-4-8-17(14)27-11-10-22-19-16-13-23-26(2)20(16)25-18(24-19)15-7-5-9-21-12-15/h3-9,12-13H,10-11H2,1-2H3,(H,22,24,25). The van der Waals surface area contributed by atoms with Crippen LogP contribution in [-0.2, 0) is 7.05 Å². The molecular formula is C20H20N6O. The van der Waals surface area contributed by atoms with Gasteiger partial charge in [-0.15, -0.1) is 0 Å². The van der Waals surface area contributed by atoms with Crippen molar-refractivity contribution in [2.75, 3.05) is 18.5 Å². The van der Waals surface area contributed by atoms with Crippen molar-refractivity contribution < 1.29 is 4.74 Å². The van der Waals surface area contributed by atoms with Gasteiger partial charge in [0, 0.05) is 25.0 Å². The molecule has 0 aliphatic rings. The number of pyridine rings is 1. The number of benzene rings is 1. The predicted molar refractivity (Wildman–Crippen MR) is 105 cm³/mol. The van der Waals surface area contributed by atoms with Crippen LogP contribution in [0, 0.1) is 6.92 Å². The minimum Gasteiger partial charge on any atom is -0.491 e. The first-order chi connectivity index (χ1) is 13.2. The van der Waals surface area contributed by atoms with E-state index < -0.39 is 0 Å². The third-order valence-electron chi connectivity index (χ3n) is 4.26. The van der Waals surface area contributed by atoms with Gasteiger partial charge in [0.2, 0.25) is 0 Å². The van der Waals surface area contributed by atoms with Crippen LogP contribution in [0.3, 0.4) is 0 Å². The van der Waals surface area contributed by atoms with Gasteiger partial charge in [0.25, 0.3) is 0 Å². The van der Waals surface area contributed by atoms with Gasteiger partial charge in [-0.1, -0.05) is 18.2 Å². The molecule has 3 aromatic heterocycles. The molecule has 136 valence electrons. The number of nitrogens with one attached hydrogen (secondary N) is 1. The summed E-state index contributed by atoms with van der Waals surface area (Å²) in [5.74, 6) is 2.24. The van der Waals surface area contributed by atoms with Crippen LogP contribution in [0.25, 0.3) is 22.4 Å². The fourth-order valence-electron chi connectivity index (χ4n) is 2.83. The Kier molecular flexibility index (Phi) is 4.65. The Morgan fingerprint density at radius 2 is 1.96 bits per heavy atom. The number of aryl methyl sites for hydroxylation is 2. The van der Waals surface area contributed by atoms with Crippen molar-refractivity contribution in [1.82, 2.24) is 24.7 Å². The second-order valence-electron chi connectivity index (χ2n) is 6.18. The number of fused-ring (bicyclic) bond motifs is 1. The molecule has 0 fully saturated rings. The Hall–Kier alpha value is -3.48. The normalized spacial score (nSPS) is 10.9. The van der Waals surface area contributed by atoms with Crippen LogP contribution in [-0.4, -0.2) is 37.9 Å². The minimum atomic E-state index is 0.527. The van der Waals surface area contributed by atoms with Crippen LogP contribution in [0.5, 0.6) is 5.75 Å². The lowest BCUT2D eigenvalue weighted by Crippen LogP contribution is -2.13. The van der Waals surface area contributed by atoms with Crippen molar-refractivity contribution in [3.8, 4) is 17.1 Å². The lowest BCUT2D eigenvalue weighted by Gasteiger charge is -2.11. The van der Waals surface area contributed by atoms with Crippen LogP contribution < -0.4 is 10.1 Å². The summed E-state index contributed by atoms with van der Waals surface area (Å²) in [6.45, 7) is 3.17. The Balaban J connectivity index is 1.55. The number of ether oxygens (including phenoxy) is 1. The van der Waals surface area contributed by atoms with Crippen LogP contribution in [0.1, 0.15) is 5.56 Å². The molecule has 0 amide bonds. The monoisotopic (exact) mass is 360 g/mol. The molecule has 0 aliphatic carbocycles. The highest BCUT2D eigenvalue weighted by atomic mass is 16.5. The first-order valence-corrected chi connectivity index (χ1v) is 8.75. The van der Waals surface area contributed by atoms with Gasteiger partial charge in [-0.05, 0) is 30.7 Å². The lowest BCUT2D eigenvalue weighted by atomic mass is 10.2. The molecule has 0 unspecified atom stereocenters. The molecule has 27 heavy (non-hydrogen) atoms. The highest BCUT2D eigenvalue weighted by Gasteiger charge is 2.12. The van der Waals surface area contributed by atoms with Crippen molar-refractivity contribution in [1.29, 1.82) is 0 Å². The maximum absolute atomic E-state index is 5.85. The van der Waals surface area contributed by atoms with Crippen molar-refractivity contribution >= 4 is 16.9 Å². The number of anilines is 1. The van der Waals surface area contributed by atoms with E-state index in [2.05, 4.69) is 25.4 Å². The Morgan fingerprint density at radius 1 is 1.07 bits per heavy atom. The summed E-state index contributed by atoms with van der Waals surface area (Å²) in [5.41, 5.74) is 2.75. The van der Waals surface area contributed by atoms with Gasteiger partial charge in [-0.2, -0.15) is 5.10 Å². The number of rotatable bonds is 6. The molecule has 3 heterocycles. The number of aromatic nitrogens is 5. The first kappa shape index (κ1) is 17.0. The van der Waals surface area contributed by atoms with Gasteiger partial charge >= 0.3 is 0 Å². The average Bonchev–Trinajstić information content (AvgIpc) is 3.08. The fourth-order valence-corrected chi connectivity index (χ4v) is 2.83. The van der Waals surface area contributed by atoms with Crippen molar-refractivity contribution in [2.24, 2.45) is 7.05 Å². The summed E-state index contributed by atoms with van der Waals surface area (Å²) in [5, 5.41) is 8.53. The van der Waals surface area contributed by atoms with Gasteiger partial charge in [0.05, 0.1) is 18.1 Å². The molecule has 0 bridgehead atoms. The molecule has 0 spiro atoms. The van der Waals surface area contributed by atoms with Gasteiger partial charge < -0.3 is 10.1 Å². The summed E-state index contributed by atoms with van der Waals surface area (Å²) in [6.07, 6.45) is 5.25. The third-order valence-corrected chi connectivity index (χ3v) is 4.26. The number of hydrogen-bond acceptors (Lipinski definition) is 6. The minimum absolute atomic E-state index is 0.527. The summed E-state index contributed by atoms with van der Waals surface area (Å²) in [7, 11) is 1.87. The van der Waals surface area contributed by atoms with E-state index in [4.69, 9.17) is 4.74 Å². The number of para-hydroxylation sites is 1. The van der Waals surface area contributed by atoms with Gasteiger partial charge in [0.15, 0.2) is 11.5 Å². The van der Waals surface area contributed by atoms with E-state index in [0.717, 1.165) is 33.7 Å². The maximum Gasteiger partial charge on any atom is 0.165 e. The zero-order valence-corrected chi connectivity index (χ0v) is 15.3. The van der Waals surface area contributed by atoms with E-state index in [1.165, 1.54) is 0 Å². The molecular weight excluding hydrogens is 340 g/mol. The SMILES string of the molecule is Cc1ccccc1OCCNc1nc(-c2cccnc2)nc2c1cnn2C. The van der Waals surface area contributed by atoms with E-state index >= 15 is 0 Å². The summed E-state index contributed by atoms with van der Waals surface area (Å²) in [6, 6.07) is 11.8. The molecule has 1 N–H and O–H groups in total. The average molecular weight is 360 g/mol. The van der Waals surface area contributed by atoms with E-state index in [0.29, 0.717) is 19.0 Å². The Labute approximate surface area is 157 Å². The third kappa shape index (κ3) is 3.57. The molecule has 0 saturated carbocycles. The van der Waals surface area contributed by atoms with Gasteiger partial charge in [-0.25, -0.2) is 9.97 Å². The fraction of sp³-hybridized carbons (Fsp3) is 0.200. The van der Waals surface area contributed by atoms with Gasteiger partial charge in [-0.3, -0.25) is 9.67 Å². The second kappa shape index (κ2) is 7.41. The molecule has 7 heteroatoms. The van der Waals surface area contributed by atoms with Crippen LogP contribution in [0.4, 0.5) is 5.82 Å². The van der Waals surface area contributed by atoms with E-state index in [1.54, 1.807) is 23.3 Å². The van der Waals surface area contributed by atoms with E-state index in [9.17, 15) is 0 Å². The largest absolute Gasteiger partial charge is 0.491 e. The molecule has 0 saturated heterocycles. The molecule has 0 atom stereocenters. The quantitative estimate of drug-likeness (QED) is 0.532. The van der Waals surface area contributed by atoms with Crippen molar-refractivity contribution in [3.05, 3.63) is 60.6 Å². The van der Waals surface area contributed by atoms with Crippen LogP contribution >= 0.6 is 0 Å². The zero-order chi connectivity index (χ0) is 18.6. The number of nitrogens with zero attached hydrogens (tertiary/aromatic N) is 5. The molecule has 4 rings (SSSR count). The molecule has 7 nitrogen and oxygen atoms in total. The summed E-state index contributed by atoms with van der Waals surface area (Å²) < 4.78 is 7.60. The topological polar surface area (TPSA) is 77.8 Å². The second-order valence-corrected chi connectivity index (χ2v) is 6.18. The molecule has 1 aromatic carbocycles. The molecule has 0 radical (unpaired) electrons. The van der Waals surface area contributed by atoms with Crippen LogP contribution in [0.2, 0.25) is 0 Å². The molecule has 4 aromatic rings. The highest BCUT2D eigenvalue weighted by molar-refractivity contribution is 5.88. The van der Waals surface area contributed by atoms with E-state index in [1.807, 2.05) is 50.4 Å². The zero-order valence-electron chi connectivity index (χ0n) is 15.3. The summed E-state index contributed by atoms with van der Waals surface area (Å²) in [4.78, 5) is 13.5. The predicted octanol–water partition coefficient (Wildman–Crippen LogP) is 3.22.